The highest BCUT2D eigenvalue weighted by molar-refractivity contribution is 6.35. The van der Waals surface area contributed by atoms with E-state index in [1.54, 1.807) is 6.07 Å². The van der Waals surface area contributed by atoms with Crippen LogP contribution >= 0.6 is 0 Å². The third kappa shape index (κ3) is 2.60. The Hall–Kier alpha value is -1.52. The highest BCUT2D eigenvalue weighted by Gasteiger charge is 2.16. The molecule has 0 bridgehead atoms. The van der Waals surface area contributed by atoms with Crippen LogP contribution in [-0.4, -0.2) is 39.0 Å². The van der Waals surface area contributed by atoms with Gasteiger partial charge in [0.2, 0.25) is 0 Å². The van der Waals surface area contributed by atoms with Crippen LogP contribution in [0.2, 0.25) is 0 Å². The lowest BCUT2D eigenvalue weighted by Gasteiger charge is -2.28. The van der Waals surface area contributed by atoms with Crippen LogP contribution in [0.25, 0.3) is 0 Å². The van der Waals surface area contributed by atoms with Crippen molar-refractivity contribution in [2.45, 2.75) is 19.3 Å². The normalized spacial score (nSPS) is 15.7. The summed E-state index contributed by atoms with van der Waals surface area (Å²) in [4.78, 5) is 18.0. The van der Waals surface area contributed by atoms with E-state index in [1.165, 1.54) is 26.4 Å². The quantitative estimate of drug-likeness (QED) is 0.552. The fourth-order valence-corrected chi connectivity index (χ4v) is 2.02. The zero-order valence-corrected chi connectivity index (χ0v) is 9.98. The first-order valence-electron chi connectivity index (χ1n) is 5.82. The molecule has 1 fully saturated rings. The number of pyridine rings is 1. The molecule has 0 aliphatic carbocycles. The predicted octanol–water partition coefficient (Wildman–Crippen LogP) is 0.652. The number of hydrogen-bond donors (Lipinski definition) is 0. The minimum absolute atomic E-state index is 0.204. The number of hydrogen-bond acceptors (Lipinski definition) is 4. The number of carbonyl (C=O) groups excluding carboxylic acids is 1. The third-order valence-corrected chi connectivity index (χ3v) is 2.97. The number of rotatable bonds is 2. The van der Waals surface area contributed by atoms with Gasteiger partial charge in [-0.05, 0) is 25.3 Å². The van der Waals surface area contributed by atoms with Crippen molar-refractivity contribution in [2.75, 3.05) is 25.1 Å². The van der Waals surface area contributed by atoms with E-state index < -0.39 is 5.97 Å². The van der Waals surface area contributed by atoms with Gasteiger partial charge in [0.1, 0.15) is 19.4 Å². The third-order valence-electron chi connectivity index (χ3n) is 2.97. The van der Waals surface area contributed by atoms with Crippen LogP contribution in [0.15, 0.2) is 12.1 Å². The van der Waals surface area contributed by atoms with E-state index >= 15 is 0 Å². The molecule has 4 nitrogen and oxygen atoms in total. The minimum Gasteiger partial charge on any atom is -0.464 e. The molecule has 1 saturated heterocycles. The van der Waals surface area contributed by atoms with Crippen molar-refractivity contribution < 1.29 is 9.53 Å². The molecule has 2 rings (SSSR count). The van der Waals surface area contributed by atoms with E-state index in [9.17, 15) is 4.79 Å². The maximum Gasteiger partial charge on any atom is 0.356 e. The summed E-state index contributed by atoms with van der Waals surface area (Å²) in [6.45, 7) is 1.97. The standard InChI is InChI=1S/C12H15BN2O2/c1-17-12(16)11-9(13)5-6-10(14-11)15-7-3-2-4-8-15/h5-6H,2-4,7-8H2,1H3. The number of methoxy groups -OCH3 is 1. The van der Waals surface area contributed by atoms with Crippen molar-refractivity contribution in [1.82, 2.24) is 4.98 Å². The summed E-state index contributed by atoms with van der Waals surface area (Å²) in [6, 6.07) is 3.57. The van der Waals surface area contributed by atoms with Gasteiger partial charge in [-0.2, -0.15) is 0 Å². The van der Waals surface area contributed by atoms with Gasteiger partial charge in [-0.25, -0.2) is 9.78 Å². The Labute approximate surface area is 102 Å². The van der Waals surface area contributed by atoms with Crippen LogP contribution < -0.4 is 10.4 Å². The lowest BCUT2D eigenvalue weighted by Crippen LogP contribution is -2.31. The summed E-state index contributed by atoms with van der Waals surface area (Å²) < 4.78 is 4.66. The molecular formula is C12H15BN2O2. The average Bonchev–Trinajstić information content (AvgIpc) is 2.39. The van der Waals surface area contributed by atoms with Gasteiger partial charge < -0.3 is 9.64 Å². The van der Waals surface area contributed by atoms with Crippen LogP contribution in [0, 0.1) is 0 Å². The van der Waals surface area contributed by atoms with Gasteiger partial charge in [-0.15, -0.1) is 0 Å². The predicted molar refractivity (Wildman–Crippen MR) is 67.0 cm³/mol. The smallest absolute Gasteiger partial charge is 0.356 e. The maximum atomic E-state index is 11.5. The monoisotopic (exact) mass is 230 g/mol. The Morgan fingerprint density at radius 1 is 1.35 bits per heavy atom. The molecular weight excluding hydrogens is 215 g/mol. The number of aromatic nitrogens is 1. The number of carbonyl (C=O) groups is 1. The van der Waals surface area contributed by atoms with E-state index in [-0.39, 0.29) is 5.69 Å². The Morgan fingerprint density at radius 3 is 2.71 bits per heavy atom. The number of ether oxygens (including phenoxy) is 1. The van der Waals surface area contributed by atoms with E-state index in [4.69, 9.17) is 7.85 Å². The summed E-state index contributed by atoms with van der Waals surface area (Å²) >= 11 is 0. The topological polar surface area (TPSA) is 42.4 Å². The van der Waals surface area contributed by atoms with E-state index in [0.717, 1.165) is 18.9 Å². The molecule has 2 heterocycles. The zero-order valence-electron chi connectivity index (χ0n) is 9.98. The van der Waals surface area contributed by atoms with Crippen LogP contribution in [0.5, 0.6) is 0 Å². The number of esters is 1. The second kappa shape index (κ2) is 5.21. The molecule has 1 aromatic heterocycles. The number of piperidine rings is 1. The number of nitrogens with zero attached hydrogens (tertiary/aromatic N) is 2. The Morgan fingerprint density at radius 2 is 2.06 bits per heavy atom. The molecule has 0 unspecified atom stereocenters. The number of anilines is 1. The first kappa shape index (κ1) is 12.0. The molecule has 5 heteroatoms. The van der Waals surface area contributed by atoms with Crippen LogP contribution in [0.3, 0.4) is 0 Å². The van der Waals surface area contributed by atoms with Gasteiger partial charge in [0.05, 0.1) is 7.11 Å². The molecule has 0 spiro atoms. The van der Waals surface area contributed by atoms with Gasteiger partial charge in [0.25, 0.3) is 0 Å². The Bertz CT molecular complexity index is 417. The van der Waals surface area contributed by atoms with Crippen molar-refractivity contribution in [3.05, 3.63) is 17.8 Å². The molecule has 1 aromatic rings. The largest absolute Gasteiger partial charge is 0.464 e. The van der Waals surface area contributed by atoms with Gasteiger partial charge in [-0.3, -0.25) is 0 Å². The zero-order chi connectivity index (χ0) is 12.3. The Kier molecular flexibility index (Phi) is 3.66. The molecule has 0 N–H and O–H groups in total. The average molecular weight is 230 g/mol. The van der Waals surface area contributed by atoms with Crippen LogP contribution in [0.1, 0.15) is 29.8 Å². The lowest BCUT2D eigenvalue weighted by molar-refractivity contribution is 0.0596. The summed E-state index contributed by atoms with van der Waals surface area (Å²) in [5.41, 5.74) is 0.563. The van der Waals surface area contributed by atoms with Crippen LogP contribution in [0.4, 0.5) is 5.82 Å². The summed E-state index contributed by atoms with van der Waals surface area (Å²) in [5.74, 6) is 0.320. The maximum absolute atomic E-state index is 11.5. The second-order valence-corrected chi connectivity index (χ2v) is 4.15. The highest BCUT2D eigenvalue weighted by atomic mass is 16.5. The molecule has 1 aliphatic heterocycles. The van der Waals surface area contributed by atoms with E-state index in [2.05, 4.69) is 14.6 Å². The molecule has 17 heavy (non-hydrogen) atoms. The van der Waals surface area contributed by atoms with Crippen molar-refractivity contribution in [3.8, 4) is 0 Å². The van der Waals surface area contributed by atoms with Gasteiger partial charge in [0, 0.05) is 13.1 Å². The minimum atomic E-state index is -0.485. The van der Waals surface area contributed by atoms with Gasteiger partial charge >= 0.3 is 5.97 Å². The van der Waals surface area contributed by atoms with Crippen molar-refractivity contribution in [1.29, 1.82) is 0 Å². The molecule has 0 atom stereocenters. The second-order valence-electron chi connectivity index (χ2n) is 4.15. The van der Waals surface area contributed by atoms with Gasteiger partial charge in [0.15, 0.2) is 0 Å². The Balaban J connectivity index is 2.26. The summed E-state index contributed by atoms with van der Waals surface area (Å²) in [7, 11) is 7.04. The first-order chi connectivity index (χ1) is 8.22. The fraction of sp³-hybridized carbons (Fsp3) is 0.500. The lowest BCUT2D eigenvalue weighted by atomic mass is 9.94. The molecule has 2 radical (unpaired) electrons. The van der Waals surface area contributed by atoms with E-state index in [1.807, 2.05) is 6.07 Å². The van der Waals surface area contributed by atoms with Crippen molar-refractivity contribution in [2.24, 2.45) is 0 Å². The fourth-order valence-electron chi connectivity index (χ4n) is 2.02. The molecule has 1 aliphatic rings. The molecule has 0 aromatic carbocycles. The molecule has 88 valence electrons. The van der Waals surface area contributed by atoms with Gasteiger partial charge in [-0.1, -0.05) is 11.5 Å². The van der Waals surface area contributed by atoms with Crippen LogP contribution in [-0.2, 0) is 4.74 Å². The van der Waals surface area contributed by atoms with Crippen molar-refractivity contribution >= 4 is 25.1 Å². The SMILES string of the molecule is [B]c1ccc(N2CCCCC2)nc1C(=O)OC. The summed E-state index contributed by atoms with van der Waals surface area (Å²) in [5, 5.41) is 0. The van der Waals surface area contributed by atoms with Crippen molar-refractivity contribution in [3.63, 3.8) is 0 Å². The van der Waals surface area contributed by atoms with E-state index in [0.29, 0.717) is 5.46 Å². The summed E-state index contributed by atoms with van der Waals surface area (Å²) in [6.07, 6.45) is 3.59. The molecule has 0 amide bonds. The first-order valence-corrected chi connectivity index (χ1v) is 5.82. The molecule has 0 saturated carbocycles. The highest BCUT2D eigenvalue weighted by Crippen LogP contribution is 2.17.